The van der Waals surface area contributed by atoms with Crippen LogP contribution in [0, 0.1) is 6.92 Å². The molecule has 0 radical (unpaired) electrons. The lowest BCUT2D eigenvalue weighted by molar-refractivity contribution is -0.376. The van der Waals surface area contributed by atoms with Crippen molar-refractivity contribution in [1.29, 1.82) is 0 Å². The van der Waals surface area contributed by atoms with Gasteiger partial charge in [0.05, 0.1) is 35.4 Å². The van der Waals surface area contributed by atoms with Crippen molar-refractivity contribution in [2.24, 2.45) is 0 Å². The molecule has 0 bridgehead atoms. The van der Waals surface area contributed by atoms with Crippen molar-refractivity contribution in [3.05, 3.63) is 59.2 Å². The first-order chi connectivity index (χ1) is 19.0. The number of aliphatic hydroxyl groups is 2. The van der Waals surface area contributed by atoms with E-state index in [2.05, 4.69) is 5.32 Å². The number of aliphatic hydroxyl groups excluding tert-OH is 1. The smallest absolute Gasteiger partial charge is 0.391 e. The average Bonchev–Trinajstić information content (AvgIpc) is 2.88. The summed E-state index contributed by atoms with van der Waals surface area (Å²) in [6.45, 7) is 2.05. The molecule has 0 aromatic heterocycles. The Kier molecular flexibility index (Phi) is 8.39. The van der Waals surface area contributed by atoms with Gasteiger partial charge >= 0.3 is 12.4 Å². The SMILES string of the molecule is Cc1ccc(S(=O)(=O)N2c3ccc(C(O)(C(F)(F)F)C(F)(F)F)cc3CC[C@H]2CC(=O)NC2COCCC2O)cc1. The summed E-state index contributed by atoms with van der Waals surface area (Å²) in [7, 11) is -4.46. The second kappa shape index (κ2) is 11.1. The van der Waals surface area contributed by atoms with Gasteiger partial charge in [0.1, 0.15) is 0 Å². The van der Waals surface area contributed by atoms with Crippen LogP contribution in [-0.2, 0) is 31.6 Å². The molecule has 0 spiro atoms. The van der Waals surface area contributed by atoms with Crippen molar-refractivity contribution < 1.29 is 54.5 Å². The number of fused-ring (bicyclic) bond motifs is 1. The topological polar surface area (TPSA) is 116 Å². The van der Waals surface area contributed by atoms with E-state index in [0.717, 1.165) is 15.9 Å². The molecule has 226 valence electrons. The monoisotopic (exact) mass is 610 g/mol. The van der Waals surface area contributed by atoms with Gasteiger partial charge < -0.3 is 20.3 Å². The number of carbonyl (C=O) groups is 1. The van der Waals surface area contributed by atoms with Gasteiger partial charge in [-0.2, -0.15) is 26.3 Å². The molecule has 3 atom stereocenters. The number of benzene rings is 2. The van der Waals surface area contributed by atoms with Crippen molar-refractivity contribution in [1.82, 2.24) is 5.32 Å². The molecule has 2 aromatic rings. The molecule has 1 fully saturated rings. The molecule has 2 aliphatic rings. The number of carbonyl (C=O) groups excluding carboxylic acids is 1. The summed E-state index contributed by atoms with van der Waals surface area (Å²) in [6, 6.07) is 5.49. The number of halogens is 6. The zero-order valence-corrected chi connectivity index (χ0v) is 22.5. The van der Waals surface area contributed by atoms with Crippen LogP contribution >= 0.6 is 0 Å². The fraction of sp³-hybridized carbons (Fsp3) is 0.500. The predicted molar refractivity (Wildman–Crippen MR) is 133 cm³/mol. The normalized spacial score (nSPS) is 22.3. The maximum atomic E-state index is 13.8. The number of hydrogen-bond acceptors (Lipinski definition) is 6. The molecule has 3 N–H and O–H groups in total. The minimum Gasteiger partial charge on any atom is -0.391 e. The number of aryl methyl sites for hydroxylation is 2. The minimum atomic E-state index is -6.12. The number of nitrogens with one attached hydrogen (secondary N) is 1. The molecule has 0 saturated carbocycles. The largest absolute Gasteiger partial charge is 0.430 e. The Morgan fingerprint density at radius 3 is 2.27 bits per heavy atom. The molecule has 2 aliphatic heterocycles. The summed E-state index contributed by atoms with van der Waals surface area (Å²) in [5.41, 5.74) is -6.36. The first-order valence-corrected chi connectivity index (χ1v) is 14.1. The molecule has 8 nitrogen and oxygen atoms in total. The number of sulfonamides is 1. The van der Waals surface area contributed by atoms with E-state index in [0.29, 0.717) is 18.7 Å². The molecular formula is C26H28F6N2O6S. The number of ether oxygens (including phenoxy) is 1. The van der Waals surface area contributed by atoms with Crippen molar-refractivity contribution >= 4 is 21.6 Å². The molecule has 41 heavy (non-hydrogen) atoms. The summed E-state index contributed by atoms with van der Waals surface area (Å²) in [4.78, 5) is 12.7. The molecule has 2 unspecified atom stereocenters. The number of nitrogens with zero attached hydrogens (tertiary/aromatic N) is 1. The van der Waals surface area contributed by atoms with E-state index < -0.39 is 64.1 Å². The molecule has 4 rings (SSSR count). The lowest BCUT2D eigenvalue weighted by atomic mass is 9.87. The zero-order chi connectivity index (χ0) is 30.4. The molecule has 1 amide bonds. The molecule has 2 heterocycles. The standard InChI is InChI=1S/C26H28F6N2O6S/c1-15-2-7-19(8-3-15)41(38,39)34-18(13-23(36)33-20-14-40-11-10-22(20)35)6-4-16-12-17(5-9-21(16)34)24(37,25(27,28)29)26(30,31)32/h2-3,5,7-9,12,18,20,22,35,37H,4,6,10-11,13-14H2,1H3,(H,33,36)/t18-,20?,22?/m0/s1. The van der Waals surface area contributed by atoms with E-state index in [4.69, 9.17) is 4.74 Å². The van der Waals surface area contributed by atoms with Crippen LogP contribution in [0.1, 0.15) is 36.0 Å². The number of hydrogen-bond donors (Lipinski definition) is 3. The van der Waals surface area contributed by atoms with Gasteiger partial charge in [0, 0.05) is 18.6 Å². The number of anilines is 1. The van der Waals surface area contributed by atoms with E-state index in [9.17, 15) is 49.8 Å². The van der Waals surface area contributed by atoms with Crippen molar-refractivity contribution in [3.63, 3.8) is 0 Å². The van der Waals surface area contributed by atoms with Crippen LogP contribution in [0.4, 0.5) is 32.0 Å². The highest BCUT2D eigenvalue weighted by atomic mass is 32.2. The summed E-state index contributed by atoms with van der Waals surface area (Å²) in [6.07, 6.45) is -13.6. The fourth-order valence-corrected chi connectivity index (χ4v) is 6.75. The van der Waals surface area contributed by atoms with E-state index in [-0.39, 0.29) is 42.0 Å². The van der Waals surface area contributed by atoms with Crippen LogP contribution in [0.3, 0.4) is 0 Å². The average molecular weight is 611 g/mol. The highest BCUT2D eigenvalue weighted by Crippen LogP contribution is 2.51. The summed E-state index contributed by atoms with van der Waals surface area (Å²) in [5.74, 6) is -0.628. The third-order valence-electron chi connectivity index (χ3n) is 7.30. The maximum absolute atomic E-state index is 13.8. The third kappa shape index (κ3) is 5.90. The molecule has 0 aliphatic carbocycles. The minimum absolute atomic E-state index is 0.0376. The van der Waals surface area contributed by atoms with E-state index in [1.165, 1.54) is 24.3 Å². The lowest BCUT2D eigenvalue weighted by Gasteiger charge is -2.39. The van der Waals surface area contributed by atoms with Crippen LogP contribution in [0.15, 0.2) is 47.4 Å². The van der Waals surface area contributed by atoms with Crippen LogP contribution in [0.25, 0.3) is 0 Å². The quantitative estimate of drug-likeness (QED) is 0.432. The Balaban J connectivity index is 1.75. The van der Waals surface area contributed by atoms with E-state index in [1.807, 2.05) is 0 Å². The Hall–Kier alpha value is -2.88. The zero-order valence-electron chi connectivity index (χ0n) is 21.7. The van der Waals surface area contributed by atoms with Gasteiger partial charge in [0.2, 0.25) is 5.91 Å². The van der Waals surface area contributed by atoms with Crippen LogP contribution < -0.4 is 9.62 Å². The fourth-order valence-electron chi connectivity index (χ4n) is 5.03. The third-order valence-corrected chi connectivity index (χ3v) is 9.18. The van der Waals surface area contributed by atoms with Gasteiger partial charge in [-0.15, -0.1) is 0 Å². The Labute approximate surface area is 232 Å². The second-order valence-corrected chi connectivity index (χ2v) is 12.0. The summed E-state index contributed by atoms with van der Waals surface area (Å²) in [5, 5.41) is 22.6. The van der Waals surface area contributed by atoms with E-state index in [1.54, 1.807) is 6.92 Å². The highest BCUT2D eigenvalue weighted by molar-refractivity contribution is 7.92. The van der Waals surface area contributed by atoms with Crippen molar-refractivity contribution in [2.75, 3.05) is 17.5 Å². The number of amides is 1. The Bertz CT molecular complexity index is 1370. The Morgan fingerprint density at radius 2 is 1.68 bits per heavy atom. The highest BCUT2D eigenvalue weighted by Gasteiger charge is 2.71. The Morgan fingerprint density at radius 1 is 1.05 bits per heavy atom. The lowest BCUT2D eigenvalue weighted by Crippen LogP contribution is -2.54. The molecule has 2 aromatic carbocycles. The van der Waals surface area contributed by atoms with Gasteiger partial charge in [-0.3, -0.25) is 9.10 Å². The van der Waals surface area contributed by atoms with Gasteiger partial charge in [-0.1, -0.05) is 29.8 Å². The first-order valence-electron chi connectivity index (χ1n) is 12.6. The summed E-state index contributed by atoms with van der Waals surface area (Å²) < 4.78 is 115. The number of alkyl halides is 6. The van der Waals surface area contributed by atoms with E-state index >= 15 is 0 Å². The maximum Gasteiger partial charge on any atom is 0.430 e. The van der Waals surface area contributed by atoms with Crippen molar-refractivity contribution in [2.45, 2.75) is 73.6 Å². The molecule has 15 heteroatoms. The van der Waals surface area contributed by atoms with Crippen molar-refractivity contribution in [3.8, 4) is 0 Å². The summed E-state index contributed by atoms with van der Waals surface area (Å²) >= 11 is 0. The van der Waals surface area contributed by atoms with Gasteiger partial charge in [-0.05, 0) is 49.9 Å². The van der Waals surface area contributed by atoms with Crippen LogP contribution in [-0.4, -0.2) is 68.3 Å². The molecular weight excluding hydrogens is 582 g/mol. The second-order valence-electron chi connectivity index (χ2n) is 10.2. The van der Waals surface area contributed by atoms with Gasteiger partial charge in [-0.25, -0.2) is 8.42 Å². The first kappa shape index (κ1) is 31.1. The van der Waals surface area contributed by atoms with Crippen LogP contribution in [0.5, 0.6) is 0 Å². The van der Waals surface area contributed by atoms with Gasteiger partial charge in [0.25, 0.3) is 15.6 Å². The number of rotatable bonds is 6. The molecule has 1 saturated heterocycles. The predicted octanol–water partition coefficient (Wildman–Crippen LogP) is 3.47. The van der Waals surface area contributed by atoms with Gasteiger partial charge in [0.15, 0.2) is 0 Å². The van der Waals surface area contributed by atoms with Crippen LogP contribution in [0.2, 0.25) is 0 Å².